The highest BCUT2D eigenvalue weighted by Crippen LogP contribution is 2.43. The van der Waals surface area contributed by atoms with Gasteiger partial charge in [0.1, 0.15) is 5.75 Å². The van der Waals surface area contributed by atoms with E-state index >= 15 is 0 Å². The number of aliphatic hydroxyl groups excluding tert-OH is 1. The fraction of sp³-hybridized carbons (Fsp3) is 0.273. The van der Waals surface area contributed by atoms with Gasteiger partial charge in [-0.05, 0) is 35.9 Å². The summed E-state index contributed by atoms with van der Waals surface area (Å²) < 4.78 is 44.9. The van der Waals surface area contributed by atoms with Crippen molar-refractivity contribution in [1.82, 2.24) is 0 Å². The number of amides is 1. The molecule has 1 amide bonds. The summed E-state index contributed by atoms with van der Waals surface area (Å²) in [6.07, 6.45) is -4.61. The molecule has 3 rings (SSSR count). The van der Waals surface area contributed by atoms with E-state index in [4.69, 9.17) is 4.74 Å². The fourth-order valence-electron chi connectivity index (χ4n) is 3.39. The van der Waals surface area contributed by atoms with Crippen LogP contribution in [-0.4, -0.2) is 23.9 Å². The Bertz CT molecular complexity index is 1030. The van der Waals surface area contributed by atoms with E-state index in [-0.39, 0.29) is 11.3 Å². The maximum Gasteiger partial charge on any atom is 0.416 e. The van der Waals surface area contributed by atoms with Crippen molar-refractivity contribution in [2.45, 2.75) is 26.1 Å². The van der Waals surface area contributed by atoms with Gasteiger partial charge in [0, 0.05) is 11.6 Å². The van der Waals surface area contributed by atoms with Crippen molar-refractivity contribution < 1.29 is 32.6 Å². The molecular weight excluding hydrogens is 399 g/mol. The zero-order valence-corrected chi connectivity index (χ0v) is 16.5. The average molecular weight is 419 g/mol. The highest BCUT2D eigenvalue weighted by molar-refractivity contribution is 6.16. The molecule has 1 unspecified atom stereocenters. The second-order valence-electron chi connectivity index (χ2n) is 7.18. The molecular formula is C22H20F3NO4. The van der Waals surface area contributed by atoms with E-state index in [1.165, 1.54) is 19.2 Å². The summed E-state index contributed by atoms with van der Waals surface area (Å²) in [5.41, 5.74) is -0.755. The third-order valence-electron chi connectivity index (χ3n) is 4.86. The van der Waals surface area contributed by atoms with E-state index < -0.39 is 41.1 Å². The van der Waals surface area contributed by atoms with Gasteiger partial charge in [-0.1, -0.05) is 32.0 Å². The third kappa shape index (κ3) is 3.77. The normalized spacial score (nSPS) is 17.1. The molecule has 0 saturated carbocycles. The van der Waals surface area contributed by atoms with Crippen LogP contribution in [0, 0.1) is 5.92 Å². The molecule has 0 radical (unpaired) electrons. The lowest BCUT2D eigenvalue weighted by atomic mass is 9.91. The number of carbonyl (C=O) groups excluding carboxylic acids is 2. The molecule has 0 aromatic heterocycles. The van der Waals surface area contributed by atoms with Crippen molar-refractivity contribution in [1.29, 1.82) is 0 Å². The van der Waals surface area contributed by atoms with Crippen molar-refractivity contribution in [3.05, 3.63) is 71.0 Å². The number of anilines is 1. The predicted octanol–water partition coefficient (Wildman–Crippen LogP) is 4.84. The first kappa shape index (κ1) is 21.4. The Balaban J connectivity index is 2.21. The number of hydrogen-bond acceptors (Lipinski definition) is 4. The first-order valence-corrected chi connectivity index (χ1v) is 9.18. The summed E-state index contributed by atoms with van der Waals surface area (Å²) >= 11 is 0. The van der Waals surface area contributed by atoms with Crippen LogP contribution >= 0.6 is 0 Å². The van der Waals surface area contributed by atoms with Gasteiger partial charge >= 0.3 is 6.18 Å². The number of benzene rings is 2. The van der Waals surface area contributed by atoms with Gasteiger partial charge in [0.05, 0.1) is 24.3 Å². The monoisotopic (exact) mass is 419 g/mol. The number of alkyl halides is 3. The van der Waals surface area contributed by atoms with E-state index in [0.717, 1.165) is 17.0 Å². The van der Waals surface area contributed by atoms with E-state index in [9.17, 15) is 27.9 Å². The van der Waals surface area contributed by atoms with Gasteiger partial charge in [-0.2, -0.15) is 13.2 Å². The molecule has 2 aromatic rings. The van der Waals surface area contributed by atoms with Crippen LogP contribution < -0.4 is 9.64 Å². The van der Waals surface area contributed by atoms with Crippen molar-refractivity contribution in [2.24, 2.45) is 5.92 Å². The van der Waals surface area contributed by atoms with Crippen LogP contribution in [-0.2, 0) is 15.8 Å². The van der Waals surface area contributed by atoms with E-state index in [0.29, 0.717) is 11.3 Å². The molecule has 8 heteroatoms. The molecule has 1 heterocycles. The summed E-state index contributed by atoms with van der Waals surface area (Å²) in [6.45, 7) is 3.23. The highest BCUT2D eigenvalue weighted by Gasteiger charge is 2.45. The molecule has 30 heavy (non-hydrogen) atoms. The predicted molar refractivity (Wildman–Crippen MR) is 104 cm³/mol. The van der Waals surface area contributed by atoms with E-state index in [1.807, 2.05) is 0 Å². The number of ether oxygens (including phenoxy) is 1. The van der Waals surface area contributed by atoms with Gasteiger partial charge in [-0.15, -0.1) is 0 Å². The number of Topliss-reactive ketones (excluding diaryl/α,β-unsaturated/α-hetero) is 1. The van der Waals surface area contributed by atoms with Crippen LogP contribution in [0.25, 0.3) is 0 Å². The number of carbonyl (C=O) groups is 2. The molecule has 158 valence electrons. The number of aliphatic hydroxyl groups is 1. The maximum absolute atomic E-state index is 13.2. The average Bonchev–Trinajstić information content (AvgIpc) is 2.97. The standard InChI is InChI=1S/C22H20F3NO4/c1-12(2)19(27)17-18(13-6-4-9-16(10-13)30-3)26(21(29)20(17)28)15-8-5-7-14(11-15)22(23,24)25/h4-12,18,28H,1-3H3. The Hall–Kier alpha value is -3.29. The first-order valence-electron chi connectivity index (χ1n) is 9.18. The minimum atomic E-state index is -4.61. The molecule has 1 N–H and O–H groups in total. The molecule has 0 saturated heterocycles. The molecule has 1 aliphatic rings. The molecule has 0 aliphatic carbocycles. The molecule has 2 aromatic carbocycles. The van der Waals surface area contributed by atoms with Crippen LogP contribution in [0.2, 0.25) is 0 Å². The van der Waals surface area contributed by atoms with Gasteiger partial charge in [0.2, 0.25) is 0 Å². The molecule has 0 bridgehead atoms. The lowest BCUT2D eigenvalue weighted by Gasteiger charge is -2.28. The number of nitrogens with zero attached hydrogens (tertiary/aromatic N) is 1. The van der Waals surface area contributed by atoms with Crippen LogP contribution in [0.4, 0.5) is 18.9 Å². The summed E-state index contributed by atoms with van der Waals surface area (Å²) in [5.74, 6) is -2.27. The Kier molecular flexibility index (Phi) is 5.61. The second-order valence-corrected chi connectivity index (χ2v) is 7.18. The minimum Gasteiger partial charge on any atom is -0.503 e. The Morgan fingerprint density at radius 3 is 2.40 bits per heavy atom. The second kappa shape index (κ2) is 7.85. The van der Waals surface area contributed by atoms with Crippen molar-refractivity contribution in [3.63, 3.8) is 0 Å². The Morgan fingerprint density at radius 1 is 1.13 bits per heavy atom. The maximum atomic E-state index is 13.2. The lowest BCUT2D eigenvalue weighted by molar-refractivity contribution is -0.137. The molecule has 5 nitrogen and oxygen atoms in total. The van der Waals surface area contributed by atoms with Crippen molar-refractivity contribution >= 4 is 17.4 Å². The zero-order chi connectivity index (χ0) is 22.2. The van der Waals surface area contributed by atoms with E-state index in [1.54, 1.807) is 38.1 Å². The van der Waals surface area contributed by atoms with Crippen LogP contribution in [0.15, 0.2) is 59.9 Å². The highest BCUT2D eigenvalue weighted by atomic mass is 19.4. The lowest BCUT2D eigenvalue weighted by Crippen LogP contribution is -2.31. The summed E-state index contributed by atoms with van der Waals surface area (Å²) in [6, 6.07) is 9.60. The first-order chi connectivity index (χ1) is 14.1. The fourth-order valence-corrected chi connectivity index (χ4v) is 3.39. The SMILES string of the molecule is COc1cccc(C2C(C(=O)C(C)C)=C(O)C(=O)N2c2cccc(C(F)(F)F)c2)c1. The Morgan fingerprint density at radius 2 is 1.80 bits per heavy atom. The van der Waals surface area contributed by atoms with Crippen LogP contribution in [0.5, 0.6) is 5.75 Å². The van der Waals surface area contributed by atoms with Crippen molar-refractivity contribution in [2.75, 3.05) is 12.0 Å². The largest absolute Gasteiger partial charge is 0.503 e. The Labute approximate surface area is 171 Å². The van der Waals surface area contributed by atoms with Crippen molar-refractivity contribution in [3.8, 4) is 5.75 Å². The summed E-state index contributed by atoms with van der Waals surface area (Å²) in [5, 5.41) is 10.5. The third-order valence-corrected chi connectivity index (χ3v) is 4.86. The molecule has 1 aliphatic heterocycles. The topological polar surface area (TPSA) is 66.8 Å². The summed E-state index contributed by atoms with van der Waals surface area (Å²) in [7, 11) is 1.44. The van der Waals surface area contributed by atoms with Crippen LogP contribution in [0.3, 0.4) is 0 Å². The van der Waals surface area contributed by atoms with Gasteiger partial charge < -0.3 is 9.84 Å². The van der Waals surface area contributed by atoms with Gasteiger partial charge in [-0.25, -0.2) is 0 Å². The van der Waals surface area contributed by atoms with Crippen LogP contribution in [0.1, 0.15) is 31.0 Å². The molecule has 0 fully saturated rings. The zero-order valence-electron chi connectivity index (χ0n) is 16.5. The summed E-state index contributed by atoms with van der Waals surface area (Å²) in [4.78, 5) is 26.7. The van der Waals surface area contributed by atoms with Gasteiger partial charge in [0.15, 0.2) is 11.5 Å². The molecule has 0 spiro atoms. The van der Waals surface area contributed by atoms with E-state index in [2.05, 4.69) is 0 Å². The number of hydrogen-bond donors (Lipinski definition) is 1. The number of ketones is 1. The quantitative estimate of drug-likeness (QED) is 0.753. The number of methoxy groups -OCH3 is 1. The van der Waals surface area contributed by atoms with Gasteiger partial charge in [-0.3, -0.25) is 14.5 Å². The minimum absolute atomic E-state index is 0.0826. The number of rotatable bonds is 5. The number of halogens is 3. The molecule has 1 atom stereocenters. The van der Waals surface area contributed by atoms with Gasteiger partial charge in [0.25, 0.3) is 5.91 Å². The smallest absolute Gasteiger partial charge is 0.416 e.